The van der Waals surface area contributed by atoms with Crippen molar-refractivity contribution in [2.75, 3.05) is 6.16 Å². The van der Waals surface area contributed by atoms with E-state index in [9.17, 15) is 9.59 Å². The van der Waals surface area contributed by atoms with Crippen molar-refractivity contribution in [1.29, 1.82) is 0 Å². The highest BCUT2D eigenvalue weighted by molar-refractivity contribution is 7.35. The lowest BCUT2D eigenvalue weighted by atomic mass is 10.2. The van der Waals surface area contributed by atoms with Crippen LogP contribution < -0.4 is 5.09 Å². The van der Waals surface area contributed by atoms with Crippen molar-refractivity contribution in [3.63, 3.8) is 0 Å². The molecule has 5 heteroatoms. The van der Waals surface area contributed by atoms with Gasteiger partial charge in [0, 0.05) is 0 Å². The molecule has 0 aromatic carbocycles. The molecule has 0 aromatic heterocycles. The maximum Gasteiger partial charge on any atom is 0.305 e. The third-order valence-corrected chi connectivity index (χ3v) is 1.95. The Morgan fingerprint density at radius 3 is 2.82 bits per heavy atom. The number of aldehydes is 1. The van der Waals surface area contributed by atoms with E-state index in [2.05, 4.69) is 5.09 Å². The van der Waals surface area contributed by atoms with Crippen LogP contribution >= 0.6 is 8.73 Å². The molecule has 0 aliphatic rings. The molecule has 0 aromatic rings. The predicted octanol–water partition coefficient (Wildman–Crippen LogP) is 0.232. The van der Waals surface area contributed by atoms with E-state index in [1.807, 2.05) is 6.92 Å². The first-order chi connectivity index (χ1) is 5.20. The molecule has 64 valence electrons. The summed E-state index contributed by atoms with van der Waals surface area (Å²) >= 11 is 0. The Kier molecular flexibility index (Phi) is 5.99. The molecule has 4 nitrogen and oxygen atoms in total. The van der Waals surface area contributed by atoms with Gasteiger partial charge in [-0.15, -0.1) is 0 Å². The first-order valence-corrected chi connectivity index (χ1v) is 4.57. The van der Waals surface area contributed by atoms with Gasteiger partial charge in [0.25, 0.3) is 0 Å². The number of nitrogens with one attached hydrogen (secondary N) is 1. The van der Waals surface area contributed by atoms with Gasteiger partial charge in [0.05, 0.1) is 12.5 Å². The molecular formula is C6H12NO3P. The minimum absolute atomic E-state index is 0.128. The smallest absolute Gasteiger partial charge is 0.305 e. The van der Waals surface area contributed by atoms with Crippen molar-refractivity contribution in [3.8, 4) is 0 Å². The van der Waals surface area contributed by atoms with Crippen LogP contribution in [0.4, 0.5) is 0 Å². The van der Waals surface area contributed by atoms with Crippen molar-refractivity contribution in [3.05, 3.63) is 0 Å². The van der Waals surface area contributed by atoms with Crippen molar-refractivity contribution in [2.24, 2.45) is 0 Å². The number of hydrogen-bond acceptors (Lipinski definition) is 3. The molecule has 0 spiro atoms. The lowest BCUT2D eigenvalue weighted by Crippen LogP contribution is -2.26. The topological polar surface area (TPSA) is 66.4 Å². The first-order valence-electron chi connectivity index (χ1n) is 3.36. The second kappa shape index (κ2) is 6.25. The molecule has 11 heavy (non-hydrogen) atoms. The van der Waals surface area contributed by atoms with Gasteiger partial charge in [0.15, 0.2) is 0 Å². The Morgan fingerprint density at radius 1 is 1.82 bits per heavy atom. The first kappa shape index (κ1) is 10.5. The van der Waals surface area contributed by atoms with Gasteiger partial charge >= 0.3 is 5.97 Å². The number of aliphatic carboxylic acids is 1. The van der Waals surface area contributed by atoms with Gasteiger partial charge in [-0.1, -0.05) is 15.7 Å². The average Bonchev–Trinajstić information content (AvgIpc) is 1.97. The van der Waals surface area contributed by atoms with E-state index in [-0.39, 0.29) is 6.42 Å². The largest absolute Gasteiger partial charge is 0.481 e. The summed E-state index contributed by atoms with van der Waals surface area (Å²) in [6, 6.07) is -0.522. The average molecular weight is 177 g/mol. The summed E-state index contributed by atoms with van der Waals surface area (Å²) in [5, 5.41) is 11.1. The van der Waals surface area contributed by atoms with Gasteiger partial charge in [0.2, 0.25) is 0 Å². The summed E-state index contributed by atoms with van der Waals surface area (Å²) < 4.78 is 0. The Labute approximate surface area is 67.2 Å². The third-order valence-electron chi connectivity index (χ3n) is 1.02. The fourth-order valence-corrected chi connectivity index (χ4v) is 1.19. The molecule has 0 radical (unpaired) electrons. The molecular weight excluding hydrogens is 165 g/mol. The quantitative estimate of drug-likeness (QED) is 0.450. The highest BCUT2D eigenvalue weighted by Crippen LogP contribution is 2.04. The van der Waals surface area contributed by atoms with Gasteiger partial charge in [-0.2, -0.15) is 0 Å². The van der Waals surface area contributed by atoms with Crippen LogP contribution in [0.1, 0.15) is 13.3 Å². The maximum atomic E-state index is 10.2. The van der Waals surface area contributed by atoms with Crippen molar-refractivity contribution in [2.45, 2.75) is 19.4 Å². The molecule has 0 saturated heterocycles. The van der Waals surface area contributed by atoms with Crippen LogP contribution in [0, 0.1) is 0 Å². The fourth-order valence-electron chi connectivity index (χ4n) is 0.554. The zero-order valence-electron chi connectivity index (χ0n) is 6.33. The lowest BCUT2D eigenvalue weighted by molar-refractivity contribution is -0.138. The second-order valence-corrected chi connectivity index (χ2v) is 3.36. The van der Waals surface area contributed by atoms with Crippen molar-refractivity contribution < 1.29 is 14.7 Å². The summed E-state index contributed by atoms with van der Waals surface area (Å²) in [5.74, 6) is -0.949. The molecule has 0 heterocycles. The molecule has 0 aliphatic carbocycles. The van der Waals surface area contributed by atoms with Crippen LogP contribution in [0.5, 0.6) is 0 Å². The Bertz CT molecular complexity index is 140. The van der Waals surface area contributed by atoms with Crippen molar-refractivity contribution >= 4 is 21.0 Å². The van der Waals surface area contributed by atoms with Crippen LogP contribution in [0.15, 0.2) is 0 Å². The monoisotopic (exact) mass is 177 g/mol. The molecule has 0 bridgehead atoms. The maximum absolute atomic E-state index is 10.2. The second-order valence-electron chi connectivity index (χ2n) is 2.02. The van der Waals surface area contributed by atoms with Crippen LogP contribution in [-0.4, -0.2) is 29.6 Å². The van der Waals surface area contributed by atoms with Gasteiger partial charge < -0.3 is 9.90 Å². The highest BCUT2D eigenvalue weighted by atomic mass is 31.1. The zero-order chi connectivity index (χ0) is 8.69. The summed E-state index contributed by atoms with van der Waals surface area (Å²) in [7, 11) is 0.457. The van der Waals surface area contributed by atoms with E-state index in [1.54, 1.807) is 0 Å². The normalized spacial score (nSPS) is 13.5. The molecule has 0 aliphatic heterocycles. The summed E-state index contributed by atoms with van der Waals surface area (Å²) in [6.07, 6.45) is 1.43. The molecule has 1 unspecified atom stereocenters. The predicted molar refractivity (Wildman–Crippen MR) is 44.1 cm³/mol. The SMILES string of the molecule is CCPN[C@H](C=O)CC(=O)O. The van der Waals surface area contributed by atoms with E-state index in [0.29, 0.717) is 15.0 Å². The molecule has 0 rings (SSSR count). The van der Waals surface area contributed by atoms with Gasteiger partial charge in [-0.3, -0.25) is 9.88 Å². The molecule has 0 fully saturated rings. The van der Waals surface area contributed by atoms with Gasteiger partial charge in [0.1, 0.15) is 6.29 Å². The van der Waals surface area contributed by atoms with Crippen LogP contribution in [-0.2, 0) is 9.59 Å². The van der Waals surface area contributed by atoms with Crippen LogP contribution in [0.2, 0.25) is 0 Å². The molecule has 0 saturated carbocycles. The Morgan fingerprint density at radius 2 is 2.45 bits per heavy atom. The number of carboxylic acid groups (broad SMARTS) is 1. The molecule has 2 atom stereocenters. The molecule has 0 amide bonds. The minimum Gasteiger partial charge on any atom is -0.481 e. The highest BCUT2D eigenvalue weighted by Gasteiger charge is 2.09. The molecule has 2 N–H and O–H groups in total. The van der Waals surface area contributed by atoms with Gasteiger partial charge in [-0.05, 0) is 6.16 Å². The minimum atomic E-state index is -0.949. The van der Waals surface area contributed by atoms with Crippen molar-refractivity contribution in [1.82, 2.24) is 5.09 Å². The lowest BCUT2D eigenvalue weighted by Gasteiger charge is -2.07. The third kappa shape index (κ3) is 5.95. The van der Waals surface area contributed by atoms with E-state index in [4.69, 9.17) is 5.11 Å². The van der Waals surface area contributed by atoms with E-state index < -0.39 is 12.0 Å². The van der Waals surface area contributed by atoms with E-state index >= 15 is 0 Å². The summed E-state index contributed by atoms with van der Waals surface area (Å²) in [6.45, 7) is 1.97. The van der Waals surface area contributed by atoms with Crippen LogP contribution in [0.25, 0.3) is 0 Å². The number of carboxylic acids is 1. The summed E-state index contributed by atoms with van der Waals surface area (Å²) in [5.41, 5.74) is 0. The van der Waals surface area contributed by atoms with Gasteiger partial charge in [-0.25, -0.2) is 0 Å². The van der Waals surface area contributed by atoms with E-state index in [1.165, 1.54) is 0 Å². The fraction of sp³-hybridized carbons (Fsp3) is 0.667. The standard InChI is InChI=1S/C6H12NO3P/c1-2-11-7-5(4-8)3-6(9)10/h4-5,7,11H,2-3H2,1H3,(H,9,10)/t5-/m0/s1. The van der Waals surface area contributed by atoms with E-state index in [0.717, 1.165) is 6.16 Å². The Balaban J connectivity index is 3.57. The zero-order valence-corrected chi connectivity index (χ0v) is 7.33. The number of carbonyl (C=O) groups excluding carboxylic acids is 1. The number of carbonyl (C=O) groups is 2. The Hall–Kier alpha value is -0.470. The number of rotatable bonds is 6. The number of hydrogen-bond donors (Lipinski definition) is 2. The summed E-state index contributed by atoms with van der Waals surface area (Å²) in [4.78, 5) is 20.4. The van der Waals surface area contributed by atoms with Crippen LogP contribution in [0.3, 0.4) is 0 Å².